The van der Waals surface area contributed by atoms with E-state index < -0.39 is 0 Å². The van der Waals surface area contributed by atoms with Crippen LogP contribution < -0.4 is 16.0 Å². The topological polar surface area (TPSA) is 78.9 Å². The molecule has 0 aliphatic heterocycles. The van der Waals surface area contributed by atoms with E-state index in [9.17, 15) is 4.79 Å². The molecule has 3 N–H and O–H groups in total. The van der Waals surface area contributed by atoms with Crippen LogP contribution in [0.4, 0.5) is 22.3 Å². The number of para-hydroxylation sites is 1. The van der Waals surface area contributed by atoms with Gasteiger partial charge in [-0.2, -0.15) is 0 Å². The van der Waals surface area contributed by atoms with E-state index in [0.717, 1.165) is 17.4 Å². The summed E-state index contributed by atoms with van der Waals surface area (Å²) in [5.74, 6) is 0.539. The van der Waals surface area contributed by atoms with E-state index in [4.69, 9.17) is 0 Å². The molecule has 0 spiro atoms. The number of nitrogens with one attached hydrogen (secondary N) is 3. The molecule has 0 radical (unpaired) electrons. The molecule has 0 bridgehead atoms. The Hall–Kier alpha value is -2.93. The summed E-state index contributed by atoms with van der Waals surface area (Å²) in [6.07, 6.45) is 1.63. The van der Waals surface area contributed by atoms with Gasteiger partial charge in [0.05, 0.1) is 17.6 Å². The van der Waals surface area contributed by atoms with E-state index in [1.54, 1.807) is 6.20 Å². The lowest BCUT2D eigenvalue weighted by atomic mass is 10.3. The van der Waals surface area contributed by atoms with Crippen molar-refractivity contribution >= 4 is 39.6 Å². The lowest BCUT2D eigenvalue weighted by Gasteiger charge is -2.07. The SMILES string of the molecule is CCNc1nc(C)c(C(=O)Nc2ccc(Nc3ccccc3)nc2)s1. The first-order valence-corrected chi connectivity index (χ1v) is 8.78. The second-order valence-electron chi connectivity index (χ2n) is 5.34. The minimum Gasteiger partial charge on any atom is -0.362 e. The number of carbonyl (C=O) groups excluding carboxylic acids is 1. The van der Waals surface area contributed by atoms with Gasteiger partial charge in [0.25, 0.3) is 5.91 Å². The highest BCUT2D eigenvalue weighted by atomic mass is 32.1. The smallest absolute Gasteiger partial charge is 0.267 e. The van der Waals surface area contributed by atoms with E-state index in [-0.39, 0.29) is 5.91 Å². The molecule has 6 nitrogen and oxygen atoms in total. The number of thiazole rings is 1. The Morgan fingerprint density at radius 3 is 2.60 bits per heavy atom. The lowest BCUT2D eigenvalue weighted by Crippen LogP contribution is -2.11. The number of benzene rings is 1. The molecule has 0 aliphatic rings. The summed E-state index contributed by atoms with van der Waals surface area (Å²) >= 11 is 1.35. The van der Waals surface area contributed by atoms with Crippen LogP contribution in [0.3, 0.4) is 0 Å². The molecule has 0 atom stereocenters. The quantitative estimate of drug-likeness (QED) is 0.617. The number of anilines is 4. The van der Waals surface area contributed by atoms with Crippen LogP contribution in [-0.4, -0.2) is 22.4 Å². The fraction of sp³-hybridized carbons (Fsp3) is 0.167. The minimum atomic E-state index is -0.176. The molecule has 128 valence electrons. The second kappa shape index (κ2) is 7.76. The molecule has 0 saturated heterocycles. The number of rotatable bonds is 6. The van der Waals surface area contributed by atoms with Gasteiger partial charge in [-0.15, -0.1) is 0 Å². The Labute approximate surface area is 150 Å². The van der Waals surface area contributed by atoms with Gasteiger partial charge in [-0.25, -0.2) is 9.97 Å². The van der Waals surface area contributed by atoms with Crippen LogP contribution in [0.25, 0.3) is 0 Å². The maximum Gasteiger partial charge on any atom is 0.267 e. The number of nitrogens with zero attached hydrogens (tertiary/aromatic N) is 2. The zero-order valence-corrected chi connectivity index (χ0v) is 14.9. The predicted octanol–water partition coefficient (Wildman–Crippen LogP) is 4.27. The van der Waals surface area contributed by atoms with Crippen LogP contribution >= 0.6 is 11.3 Å². The Morgan fingerprint density at radius 2 is 1.92 bits per heavy atom. The van der Waals surface area contributed by atoms with E-state index in [1.807, 2.05) is 56.3 Å². The third-order valence-corrected chi connectivity index (χ3v) is 4.51. The first-order chi connectivity index (χ1) is 12.2. The van der Waals surface area contributed by atoms with Crippen molar-refractivity contribution in [2.45, 2.75) is 13.8 Å². The van der Waals surface area contributed by atoms with Crippen molar-refractivity contribution in [3.63, 3.8) is 0 Å². The first kappa shape index (κ1) is 16.9. The third-order valence-electron chi connectivity index (χ3n) is 3.40. The summed E-state index contributed by atoms with van der Waals surface area (Å²) in [5, 5.41) is 9.94. The van der Waals surface area contributed by atoms with Crippen LogP contribution in [0.5, 0.6) is 0 Å². The average Bonchev–Trinajstić information content (AvgIpc) is 2.98. The molecule has 2 heterocycles. The molecule has 3 rings (SSSR count). The lowest BCUT2D eigenvalue weighted by molar-refractivity contribution is 0.103. The zero-order chi connectivity index (χ0) is 17.6. The van der Waals surface area contributed by atoms with Crippen molar-refractivity contribution in [3.8, 4) is 0 Å². The highest BCUT2D eigenvalue weighted by Gasteiger charge is 2.15. The van der Waals surface area contributed by atoms with Gasteiger partial charge < -0.3 is 16.0 Å². The Bertz CT molecular complexity index is 846. The van der Waals surface area contributed by atoms with Gasteiger partial charge in [0.1, 0.15) is 10.7 Å². The molecule has 0 aliphatic carbocycles. The first-order valence-electron chi connectivity index (χ1n) is 7.96. The molecule has 1 aromatic carbocycles. The number of aryl methyl sites for hydroxylation is 1. The van der Waals surface area contributed by atoms with Crippen molar-refractivity contribution in [2.75, 3.05) is 22.5 Å². The van der Waals surface area contributed by atoms with Crippen molar-refractivity contribution in [1.82, 2.24) is 9.97 Å². The van der Waals surface area contributed by atoms with Crippen molar-refractivity contribution in [3.05, 3.63) is 59.2 Å². The van der Waals surface area contributed by atoms with E-state index in [2.05, 4.69) is 25.9 Å². The molecule has 3 aromatic rings. The van der Waals surface area contributed by atoms with Crippen LogP contribution in [-0.2, 0) is 0 Å². The largest absolute Gasteiger partial charge is 0.362 e. The third kappa shape index (κ3) is 4.33. The van der Waals surface area contributed by atoms with Crippen LogP contribution in [0.2, 0.25) is 0 Å². The summed E-state index contributed by atoms with van der Waals surface area (Å²) in [6, 6.07) is 13.4. The van der Waals surface area contributed by atoms with Crippen LogP contribution in [0.15, 0.2) is 48.7 Å². The van der Waals surface area contributed by atoms with Gasteiger partial charge in [0.15, 0.2) is 5.13 Å². The van der Waals surface area contributed by atoms with Gasteiger partial charge in [0, 0.05) is 12.2 Å². The standard InChI is InChI=1S/C18H19N5OS/c1-3-19-18-21-12(2)16(25-18)17(24)23-14-9-10-15(20-11-14)22-13-7-5-4-6-8-13/h4-11H,3H2,1-2H3,(H,19,21)(H,20,22)(H,23,24). The highest BCUT2D eigenvalue weighted by molar-refractivity contribution is 7.17. The summed E-state index contributed by atoms with van der Waals surface area (Å²) < 4.78 is 0. The van der Waals surface area contributed by atoms with Gasteiger partial charge >= 0.3 is 0 Å². The van der Waals surface area contributed by atoms with Crippen LogP contribution in [0, 0.1) is 6.92 Å². The molecule has 0 saturated carbocycles. The summed E-state index contributed by atoms with van der Waals surface area (Å²) in [6.45, 7) is 4.60. The van der Waals surface area contributed by atoms with Crippen molar-refractivity contribution < 1.29 is 4.79 Å². The maximum absolute atomic E-state index is 12.4. The van der Waals surface area contributed by atoms with Crippen molar-refractivity contribution in [2.24, 2.45) is 0 Å². The van der Waals surface area contributed by atoms with Gasteiger partial charge in [-0.1, -0.05) is 29.5 Å². The number of hydrogen-bond acceptors (Lipinski definition) is 6. The Balaban J connectivity index is 1.66. The Kier molecular flexibility index (Phi) is 5.25. The Morgan fingerprint density at radius 1 is 1.12 bits per heavy atom. The number of amides is 1. The molecular weight excluding hydrogens is 334 g/mol. The van der Waals surface area contributed by atoms with Crippen molar-refractivity contribution in [1.29, 1.82) is 0 Å². The monoisotopic (exact) mass is 353 g/mol. The fourth-order valence-corrected chi connectivity index (χ4v) is 3.16. The van der Waals surface area contributed by atoms with Gasteiger partial charge in [-0.05, 0) is 38.1 Å². The summed E-state index contributed by atoms with van der Waals surface area (Å²) in [7, 11) is 0. The maximum atomic E-state index is 12.4. The molecule has 0 fully saturated rings. The summed E-state index contributed by atoms with van der Waals surface area (Å²) in [5.41, 5.74) is 2.32. The average molecular weight is 353 g/mol. The van der Waals surface area contributed by atoms with Gasteiger partial charge in [-0.3, -0.25) is 4.79 Å². The molecule has 7 heteroatoms. The van der Waals surface area contributed by atoms with Gasteiger partial charge in [0.2, 0.25) is 0 Å². The van der Waals surface area contributed by atoms with E-state index >= 15 is 0 Å². The second-order valence-corrected chi connectivity index (χ2v) is 6.34. The molecule has 0 unspecified atom stereocenters. The normalized spacial score (nSPS) is 10.3. The minimum absolute atomic E-state index is 0.176. The number of pyridine rings is 1. The predicted molar refractivity (Wildman–Crippen MR) is 103 cm³/mol. The number of aromatic nitrogens is 2. The van der Waals surface area contributed by atoms with E-state index in [0.29, 0.717) is 22.1 Å². The molecule has 1 amide bonds. The number of hydrogen-bond donors (Lipinski definition) is 3. The van der Waals surface area contributed by atoms with E-state index in [1.165, 1.54) is 11.3 Å². The fourth-order valence-electron chi connectivity index (χ4n) is 2.23. The van der Waals surface area contributed by atoms with Crippen LogP contribution in [0.1, 0.15) is 22.3 Å². The zero-order valence-electron chi connectivity index (χ0n) is 14.0. The number of carbonyl (C=O) groups is 1. The molecule has 2 aromatic heterocycles. The molecular formula is C18H19N5OS. The summed E-state index contributed by atoms with van der Waals surface area (Å²) in [4.78, 5) is 21.7. The highest BCUT2D eigenvalue weighted by Crippen LogP contribution is 2.24. The molecule has 25 heavy (non-hydrogen) atoms.